The van der Waals surface area contributed by atoms with E-state index in [2.05, 4.69) is 29.2 Å². The van der Waals surface area contributed by atoms with Gasteiger partial charge in [-0.25, -0.2) is 4.98 Å². The van der Waals surface area contributed by atoms with Gasteiger partial charge in [-0.3, -0.25) is 0 Å². The number of aromatic nitrogens is 1. The molecule has 2 fully saturated rings. The molecule has 2 atom stereocenters. The highest BCUT2D eigenvalue weighted by Gasteiger charge is 2.40. The molecular formula is C12H18N2S. The maximum absolute atomic E-state index is 4.64. The SMILES string of the molecule is Cc1csc(C2CC3CN(C)CC3C2)n1. The quantitative estimate of drug-likeness (QED) is 0.726. The number of thiazole rings is 1. The lowest BCUT2D eigenvalue weighted by atomic mass is 10.0. The molecule has 0 bridgehead atoms. The normalized spacial score (nSPS) is 36.0. The fourth-order valence-corrected chi connectivity index (χ4v) is 4.22. The van der Waals surface area contributed by atoms with Gasteiger partial charge in [-0.2, -0.15) is 0 Å². The zero-order valence-electron chi connectivity index (χ0n) is 9.44. The van der Waals surface area contributed by atoms with Crippen molar-refractivity contribution in [1.29, 1.82) is 0 Å². The van der Waals surface area contributed by atoms with Crippen molar-refractivity contribution in [3.63, 3.8) is 0 Å². The molecule has 82 valence electrons. The molecule has 3 heteroatoms. The average molecular weight is 222 g/mol. The molecule has 2 aliphatic rings. The zero-order chi connectivity index (χ0) is 10.4. The fraction of sp³-hybridized carbons (Fsp3) is 0.750. The molecule has 15 heavy (non-hydrogen) atoms. The molecule has 3 rings (SSSR count). The van der Waals surface area contributed by atoms with Crippen LogP contribution in [-0.2, 0) is 0 Å². The lowest BCUT2D eigenvalue weighted by Gasteiger charge is -2.12. The molecule has 1 saturated heterocycles. The molecule has 1 aromatic rings. The molecule has 2 heterocycles. The second-order valence-corrected chi connectivity index (χ2v) is 6.13. The maximum atomic E-state index is 4.64. The predicted octanol–water partition coefficient (Wildman–Crippen LogP) is 2.51. The van der Waals surface area contributed by atoms with Gasteiger partial charge in [-0.15, -0.1) is 11.3 Å². The third-order valence-corrected chi connectivity index (χ3v) is 5.04. The van der Waals surface area contributed by atoms with Gasteiger partial charge in [0.2, 0.25) is 0 Å². The minimum Gasteiger partial charge on any atom is -0.306 e. The van der Waals surface area contributed by atoms with Gasteiger partial charge >= 0.3 is 0 Å². The summed E-state index contributed by atoms with van der Waals surface area (Å²) in [7, 11) is 2.25. The van der Waals surface area contributed by atoms with Crippen molar-refractivity contribution in [1.82, 2.24) is 9.88 Å². The Morgan fingerprint density at radius 1 is 1.33 bits per heavy atom. The van der Waals surface area contributed by atoms with E-state index in [1.807, 2.05) is 11.3 Å². The first-order chi connectivity index (χ1) is 7.22. The summed E-state index contributed by atoms with van der Waals surface area (Å²) in [4.78, 5) is 7.13. The molecule has 0 N–H and O–H groups in total. The van der Waals surface area contributed by atoms with Crippen LogP contribution in [0.2, 0.25) is 0 Å². The first-order valence-electron chi connectivity index (χ1n) is 5.83. The van der Waals surface area contributed by atoms with Crippen LogP contribution in [0.5, 0.6) is 0 Å². The van der Waals surface area contributed by atoms with E-state index in [9.17, 15) is 0 Å². The lowest BCUT2D eigenvalue weighted by molar-refractivity contribution is 0.371. The van der Waals surface area contributed by atoms with Crippen LogP contribution in [0.25, 0.3) is 0 Å². The molecule has 2 unspecified atom stereocenters. The Kier molecular flexibility index (Phi) is 2.33. The molecule has 0 amide bonds. The molecular weight excluding hydrogens is 204 g/mol. The van der Waals surface area contributed by atoms with Crippen LogP contribution >= 0.6 is 11.3 Å². The Bertz CT molecular complexity index is 346. The van der Waals surface area contributed by atoms with Crippen LogP contribution in [0.4, 0.5) is 0 Å². The first-order valence-corrected chi connectivity index (χ1v) is 6.71. The highest BCUT2D eigenvalue weighted by Crippen LogP contribution is 2.46. The van der Waals surface area contributed by atoms with Crippen molar-refractivity contribution in [3.05, 3.63) is 16.1 Å². The summed E-state index contributed by atoms with van der Waals surface area (Å²) in [5, 5.41) is 3.58. The molecule has 0 spiro atoms. The van der Waals surface area contributed by atoms with Gasteiger partial charge in [-0.1, -0.05) is 0 Å². The minimum absolute atomic E-state index is 0.771. The van der Waals surface area contributed by atoms with Gasteiger partial charge in [0.1, 0.15) is 0 Å². The van der Waals surface area contributed by atoms with Crippen LogP contribution in [-0.4, -0.2) is 30.0 Å². The second-order valence-electron chi connectivity index (χ2n) is 5.24. The van der Waals surface area contributed by atoms with Crippen LogP contribution in [0.3, 0.4) is 0 Å². The fourth-order valence-electron chi connectivity index (χ4n) is 3.30. The van der Waals surface area contributed by atoms with E-state index < -0.39 is 0 Å². The highest BCUT2D eigenvalue weighted by atomic mass is 32.1. The number of hydrogen-bond acceptors (Lipinski definition) is 3. The molecule has 0 radical (unpaired) electrons. The third kappa shape index (κ3) is 1.72. The highest BCUT2D eigenvalue weighted by molar-refractivity contribution is 7.09. The molecule has 1 aliphatic carbocycles. The van der Waals surface area contributed by atoms with Gasteiger partial charge in [0.25, 0.3) is 0 Å². The Hall–Kier alpha value is -0.410. The monoisotopic (exact) mass is 222 g/mol. The smallest absolute Gasteiger partial charge is 0.0959 e. The standard InChI is InChI=1S/C12H18N2S/c1-8-7-15-12(13-8)9-3-10-5-14(2)6-11(10)4-9/h7,9-11H,3-6H2,1-2H3. The van der Waals surface area contributed by atoms with Gasteiger partial charge in [0.15, 0.2) is 0 Å². The second kappa shape index (κ2) is 3.56. The van der Waals surface area contributed by atoms with Crippen molar-refractivity contribution in [2.24, 2.45) is 11.8 Å². The number of likely N-dealkylation sites (tertiary alicyclic amines) is 1. The van der Waals surface area contributed by atoms with Crippen LogP contribution < -0.4 is 0 Å². The van der Waals surface area contributed by atoms with Gasteiger partial charge in [0.05, 0.1) is 5.01 Å². The number of aryl methyl sites for hydroxylation is 1. The Morgan fingerprint density at radius 2 is 2.00 bits per heavy atom. The van der Waals surface area contributed by atoms with Crippen LogP contribution in [0.1, 0.15) is 29.5 Å². The zero-order valence-corrected chi connectivity index (χ0v) is 10.3. The van der Waals surface area contributed by atoms with E-state index in [0.29, 0.717) is 0 Å². The summed E-state index contributed by atoms with van der Waals surface area (Å²) in [6, 6.07) is 0. The van der Waals surface area contributed by atoms with Crippen molar-refractivity contribution in [2.45, 2.75) is 25.7 Å². The van der Waals surface area contributed by atoms with E-state index in [1.54, 1.807) is 0 Å². The Labute approximate surface area is 95.3 Å². The molecule has 0 aromatic carbocycles. The van der Waals surface area contributed by atoms with Crippen LogP contribution in [0.15, 0.2) is 5.38 Å². The van der Waals surface area contributed by atoms with E-state index in [1.165, 1.54) is 36.6 Å². The van der Waals surface area contributed by atoms with Crippen molar-refractivity contribution in [2.75, 3.05) is 20.1 Å². The summed E-state index contributed by atoms with van der Waals surface area (Å²) >= 11 is 1.86. The maximum Gasteiger partial charge on any atom is 0.0959 e. The molecule has 1 saturated carbocycles. The summed E-state index contributed by atoms with van der Waals surface area (Å²) < 4.78 is 0. The van der Waals surface area contributed by atoms with Crippen molar-refractivity contribution < 1.29 is 0 Å². The topological polar surface area (TPSA) is 16.1 Å². The van der Waals surface area contributed by atoms with E-state index in [0.717, 1.165) is 17.8 Å². The summed E-state index contributed by atoms with van der Waals surface area (Å²) in [5.41, 5.74) is 1.20. The number of hydrogen-bond donors (Lipinski definition) is 0. The summed E-state index contributed by atoms with van der Waals surface area (Å²) in [5.74, 6) is 2.67. The number of nitrogens with zero attached hydrogens (tertiary/aromatic N) is 2. The van der Waals surface area contributed by atoms with Gasteiger partial charge < -0.3 is 4.90 Å². The lowest BCUT2D eigenvalue weighted by Crippen LogP contribution is -2.16. The molecule has 2 nitrogen and oxygen atoms in total. The molecule has 1 aromatic heterocycles. The van der Waals surface area contributed by atoms with Gasteiger partial charge in [0, 0.05) is 30.1 Å². The average Bonchev–Trinajstić information content (AvgIpc) is 2.78. The number of rotatable bonds is 1. The summed E-state index contributed by atoms with van der Waals surface area (Å²) in [6.07, 6.45) is 2.75. The predicted molar refractivity (Wildman–Crippen MR) is 63.3 cm³/mol. The largest absolute Gasteiger partial charge is 0.306 e. The van der Waals surface area contributed by atoms with E-state index in [4.69, 9.17) is 0 Å². The van der Waals surface area contributed by atoms with E-state index >= 15 is 0 Å². The third-order valence-electron chi connectivity index (χ3n) is 3.92. The van der Waals surface area contributed by atoms with E-state index in [-0.39, 0.29) is 0 Å². The van der Waals surface area contributed by atoms with Crippen molar-refractivity contribution in [3.8, 4) is 0 Å². The van der Waals surface area contributed by atoms with Gasteiger partial charge in [-0.05, 0) is 38.6 Å². The Balaban J connectivity index is 1.73. The first kappa shape index (κ1) is 9.79. The molecule has 1 aliphatic heterocycles. The number of fused-ring (bicyclic) bond motifs is 1. The van der Waals surface area contributed by atoms with Crippen molar-refractivity contribution >= 4 is 11.3 Å². The van der Waals surface area contributed by atoms with Crippen LogP contribution in [0, 0.1) is 18.8 Å². The Morgan fingerprint density at radius 3 is 2.53 bits per heavy atom. The summed E-state index contributed by atoms with van der Waals surface area (Å²) in [6.45, 7) is 4.72. The minimum atomic E-state index is 0.771.